The average Bonchev–Trinajstić information content (AvgIpc) is 2.75. The molecule has 11 heteroatoms. The monoisotopic (exact) mass is 499 g/mol. The van der Waals surface area contributed by atoms with Crippen molar-refractivity contribution >= 4 is 17.6 Å². The number of nitrogens with one attached hydrogen (secondary N) is 1. The van der Waals surface area contributed by atoms with Gasteiger partial charge >= 0.3 is 17.6 Å². The van der Waals surface area contributed by atoms with Crippen LogP contribution in [0.4, 0.5) is 0 Å². The molecule has 0 radical (unpaired) electrons. The predicted molar refractivity (Wildman–Crippen MR) is 136 cm³/mol. The lowest BCUT2D eigenvalue weighted by molar-refractivity contribution is 0.0700. The van der Waals surface area contributed by atoms with Crippen LogP contribution in [0.5, 0.6) is 0 Å². The summed E-state index contributed by atoms with van der Waals surface area (Å²) in [4.78, 5) is 0. The van der Waals surface area contributed by atoms with E-state index >= 15 is 0 Å². The topological polar surface area (TPSA) is 119 Å². The minimum absolute atomic E-state index is 0.641. The Kier molecular flexibility index (Phi) is 25.9. The molecular weight excluding hydrogens is 446 g/mol. The lowest BCUT2D eigenvalue weighted by atomic mass is 10.3. The van der Waals surface area contributed by atoms with Crippen LogP contribution in [0, 0.1) is 0 Å². The van der Waals surface area contributed by atoms with E-state index in [1.54, 1.807) is 0 Å². The number of nitrogens with two attached hydrogens (primary N) is 2. The van der Waals surface area contributed by atoms with E-state index in [2.05, 4.69) is 5.32 Å². The van der Waals surface area contributed by atoms with Crippen LogP contribution in [-0.4, -0.2) is 83.4 Å². The lowest BCUT2D eigenvalue weighted by Gasteiger charge is -2.28. The zero-order chi connectivity index (χ0) is 24.6. The maximum atomic E-state index is 5.76. The van der Waals surface area contributed by atoms with Crippen molar-refractivity contribution in [1.29, 1.82) is 0 Å². The van der Waals surface area contributed by atoms with E-state index in [1.165, 1.54) is 0 Å². The highest BCUT2D eigenvalue weighted by Crippen LogP contribution is 2.19. The Bertz CT molecular complexity index is 353. The van der Waals surface area contributed by atoms with Gasteiger partial charge in [-0.3, -0.25) is 0 Å². The fraction of sp³-hybridized carbons (Fsp3) is 1.00. The summed E-state index contributed by atoms with van der Waals surface area (Å²) >= 11 is 0. The largest absolute Gasteiger partial charge is 0.500 e. The maximum absolute atomic E-state index is 5.76. The number of hydrogen-bond donors (Lipinski definition) is 3. The van der Waals surface area contributed by atoms with Crippen molar-refractivity contribution in [3.63, 3.8) is 0 Å². The van der Waals surface area contributed by atoms with Gasteiger partial charge < -0.3 is 43.3 Å². The van der Waals surface area contributed by atoms with E-state index < -0.39 is 17.6 Å². The van der Waals surface area contributed by atoms with Crippen LogP contribution in [-0.2, 0) is 26.6 Å². The SMILES string of the molecule is CCO[Si](CCCCN)(OCC)OCC.CCO[Si](CCCNCCN)(OCC)OCC. The van der Waals surface area contributed by atoms with Gasteiger partial charge in [0.05, 0.1) is 0 Å². The minimum Gasteiger partial charge on any atom is -0.374 e. The Morgan fingerprint density at radius 2 is 0.875 bits per heavy atom. The van der Waals surface area contributed by atoms with E-state index in [-0.39, 0.29) is 0 Å². The van der Waals surface area contributed by atoms with E-state index in [1.807, 2.05) is 41.5 Å². The molecule has 0 amide bonds. The first-order valence-corrected chi connectivity index (χ1v) is 16.3. The molecule has 0 atom stereocenters. The smallest absolute Gasteiger partial charge is 0.374 e. The summed E-state index contributed by atoms with van der Waals surface area (Å²) in [7, 11) is -4.82. The lowest BCUT2D eigenvalue weighted by Crippen LogP contribution is -2.46. The summed E-state index contributed by atoms with van der Waals surface area (Å²) < 4.78 is 34.4. The maximum Gasteiger partial charge on any atom is 0.500 e. The molecule has 9 nitrogen and oxygen atoms in total. The molecule has 0 unspecified atom stereocenters. The molecule has 0 saturated carbocycles. The third kappa shape index (κ3) is 17.5. The van der Waals surface area contributed by atoms with Gasteiger partial charge in [0.2, 0.25) is 0 Å². The predicted octanol–water partition coefficient (Wildman–Crippen LogP) is 2.75. The molecule has 0 heterocycles. The first kappa shape index (κ1) is 34.2. The van der Waals surface area contributed by atoms with Gasteiger partial charge in [0.1, 0.15) is 0 Å². The average molecular weight is 500 g/mol. The molecule has 0 fully saturated rings. The van der Waals surface area contributed by atoms with Gasteiger partial charge in [-0.15, -0.1) is 0 Å². The molecule has 0 saturated heterocycles. The normalized spacial score (nSPS) is 12.0. The van der Waals surface area contributed by atoms with Gasteiger partial charge in [0.15, 0.2) is 0 Å². The molecule has 196 valence electrons. The molecule has 0 spiro atoms. The Hall–Kier alpha value is 0.0738. The molecule has 0 aliphatic heterocycles. The fourth-order valence-corrected chi connectivity index (χ4v) is 8.44. The Morgan fingerprint density at radius 3 is 1.19 bits per heavy atom. The van der Waals surface area contributed by atoms with E-state index in [0.717, 1.165) is 51.0 Å². The molecule has 0 aliphatic rings. The molecule has 32 heavy (non-hydrogen) atoms. The van der Waals surface area contributed by atoms with Gasteiger partial charge in [-0.2, -0.15) is 0 Å². The van der Waals surface area contributed by atoms with Gasteiger partial charge in [0.25, 0.3) is 0 Å². The molecule has 0 rings (SSSR count). The highest BCUT2D eigenvalue weighted by Gasteiger charge is 2.40. The molecule has 0 aromatic carbocycles. The molecule has 0 aliphatic carbocycles. The van der Waals surface area contributed by atoms with Gasteiger partial charge in [0, 0.05) is 64.8 Å². The van der Waals surface area contributed by atoms with Crippen molar-refractivity contribution in [1.82, 2.24) is 5.32 Å². The van der Waals surface area contributed by atoms with Gasteiger partial charge in [-0.05, 0) is 73.9 Å². The zero-order valence-electron chi connectivity index (χ0n) is 21.7. The van der Waals surface area contributed by atoms with Gasteiger partial charge in [-0.1, -0.05) is 0 Å². The van der Waals surface area contributed by atoms with Crippen LogP contribution in [0.25, 0.3) is 0 Å². The van der Waals surface area contributed by atoms with Crippen molar-refractivity contribution in [3.8, 4) is 0 Å². The highest BCUT2D eigenvalue weighted by molar-refractivity contribution is 6.61. The summed E-state index contributed by atoms with van der Waals surface area (Å²) in [6, 6.07) is 1.74. The summed E-state index contributed by atoms with van der Waals surface area (Å²) in [5.41, 5.74) is 10.9. The van der Waals surface area contributed by atoms with Crippen molar-refractivity contribution < 1.29 is 26.6 Å². The third-order valence-electron chi connectivity index (χ3n) is 4.28. The van der Waals surface area contributed by atoms with Crippen molar-refractivity contribution in [3.05, 3.63) is 0 Å². The van der Waals surface area contributed by atoms with E-state index in [0.29, 0.717) is 46.2 Å². The van der Waals surface area contributed by atoms with E-state index in [4.69, 9.17) is 38.0 Å². The Balaban J connectivity index is 0. The van der Waals surface area contributed by atoms with Crippen molar-refractivity contribution in [2.45, 2.75) is 72.9 Å². The fourth-order valence-electron chi connectivity index (χ4n) is 3.15. The van der Waals surface area contributed by atoms with Crippen LogP contribution < -0.4 is 16.8 Å². The van der Waals surface area contributed by atoms with E-state index in [9.17, 15) is 0 Å². The molecule has 0 bridgehead atoms. The Morgan fingerprint density at radius 1 is 0.500 bits per heavy atom. The summed E-state index contributed by atoms with van der Waals surface area (Å²) in [5, 5.41) is 3.26. The van der Waals surface area contributed by atoms with Crippen LogP contribution in [0.2, 0.25) is 12.1 Å². The minimum atomic E-state index is -2.43. The number of unbranched alkanes of at least 4 members (excludes halogenated alkanes) is 1. The first-order valence-electron chi connectivity index (χ1n) is 12.4. The van der Waals surface area contributed by atoms with Crippen LogP contribution in [0.15, 0.2) is 0 Å². The van der Waals surface area contributed by atoms with Crippen molar-refractivity contribution in [2.24, 2.45) is 11.5 Å². The summed E-state index contributed by atoms with van der Waals surface area (Å²) in [5.74, 6) is 0. The van der Waals surface area contributed by atoms with Crippen molar-refractivity contribution in [2.75, 3.05) is 65.8 Å². The second kappa shape index (κ2) is 24.2. The standard InChI is InChI=1S/C11H28N2O3Si.C10H25NO3Si/c1-4-14-17(15-5-2,16-6-3)11-7-9-13-10-8-12;1-4-12-15(13-5-2,14-6-3)10-8-7-9-11/h13H,4-12H2,1-3H3;4-11H2,1-3H3. The third-order valence-corrected chi connectivity index (χ3v) is 10.6. The highest BCUT2D eigenvalue weighted by atomic mass is 28.4. The van der Waals surface area contributed by atoms with Crippen LogP contribution in [0.3, 0.4) is 0 Å². The zero-order valence-corrected chi connectivity index (χ0v) is 23.7. The quantitative estimate of drug-likeness (QED) is 0.152. The second-order valence-corrected chi connectivity index (χ2v) is 12.3. The molecular formula is C21H53N3O6Si2. The Labute approximate surface area is 199 Å². The second-order valence-electron chi connectivity index (χ2n) is 6.85. The molecule has 5 N–H and O–H groups in total. The number of rotatable bonds is 22. The molecule has 0 aromatic heterocycles. The van der Waals surface area contributed by atoms with Crippen LogP contribution in [0.1, 0.15) is 60.8 Å². The van der Waals surface area contributed by atoms with Gasteiger partial charge in [-0.25, -0.2) is 0 Å². The number of hydrogen-bond acceptors (Lipinski definition) is 9. The first-order chi connectivity index (χ1) is 15.5. The summed E-state index contributed by atoms with van der Waals surface area (Å²) in [6.07, 6.45) is 3.01. The van der Waals surface area contributed by atoms with Crippen LogP contribution >= 0.6 is 0 Å². The molecule has 0 aromatic rings. The summed E-state index contributed by atoms with van der Waals surface area (Å²) in [6.45, 7) is 18.9.